The van der Waals surface area contributed by atoms with Gasteiger partial charge in [-0.15, -0.1) is 0 Å². The molecule has 1 heterocycles. The first-order chi connectivity index (χ1) is 15.9. The molecule has 0 unspecified atom stereocenters. The van der Waals surface area contributed by atoms with E-state index in [0.717, 1.165) is 25.2 Å². The van der Waals surface area contributed by atoms with Gasteiger partial charge in [-0.25, -0.2) is 8.42 Å². The monoisotopic (exact) mass is 465 g/mol. The van der Waals surface area contributed by atoms with Gasteiger partial charge in [0.2, 0.25) is 10.0 Å². The second-order valence-electron chi connectivity index (χ2n) is 7.86. The van der Waals surface area contributed by atoms with Gasteiger partial charge in [-0.1, -0.05) is 24.3 Å². The van der Waals surface area contributed by atoms with Crippen LogP contribution in [-0.4, -0.2) is 33.7 Å². The Bertz CT molecular complexity index is 1260. The van der Waals surface area contributed by atoms with Gasteiger partial charge in [0.15, 0.2) is 0 Å². The third kappa shape index (κ3) is 5.28. The molecule has 1 amide bonds. The maximum Gasteiger partial charge on any atom is 0.255 e. The van der Waals surface area contributed by atoms with E-state index in [1.165, 1.54) is 18.2 Å². The Hall–Kier alpha value is -3.52. The molecule has 0 saturated carbocycles. The number of carbonyl (C=O) groups is 1. The number of sulfonamides is 1. The van der Waals surface area contributed by atoms with E-state index in [2.05, 4.69) is 39.2 Å². The second-order valence-corrected chi connectivity index (χ2v) is 9.87. The lowest BCUT2D eigenvalue weighted by molar-refractivity contribution is 0.102. The van der Waals surface area contributed by atoms with Crippen LogP contribution >= 0.6 is 0 Å². The molecule has 3 aromatic rings. The van der Waals surface area contributed by atoms with Gasteiger partial charge < -0.3 is 15.0 Å². The molecule has 33 heavy (non-hydrogen) atoms. The van der Waals surface area contributed by atoms with Crippen molar-refractivity contribution in [2.24, 2.45) is 0 Å². The third-order valence-corrected chi connectivity index (χ3v) is 7.02. The summed E-state index contributed by atoms with van der Waals surface area (Å²) >= 11 is 0. The fraction of sp³-hybridized carbons (Fsp3) is 0.240. The zero-order valence-corrected chi connectivity index (χ0v) is 19.5. The summed E-state index contributed by atoms with van der Waals surface area (Å²) in [6, 6.07) is 20.8. The standard InChI is InChI=1S/C25H27N3O4S/c1-3-33(30,31)27-23-13-10-21(16-24(23)32-2)26-25(29)19-8-11-22(12-9-19)28-15-14-18-6-4-5-7-20(18)17-28/h4-13,16,27H,3,14-15,17H2,1-2H3,(H,26,29). The van der Waals surface area contributed by atoms with Crippen LogP contribution in [0.3, 0.4) is 0 Å². The Labute approximate surface area is 194 Å². The molecule has 1 aliphatic rings. The predicted molar refractivity (Wildman–Crippen MR) is 132 cm³/mol. The quantitative estimate of drug-likeness (QED) is 0.544. The Morgan fingerprint density at radius 1 is 1.03 bits per heavy atom. The van der Waals surface area contributed by atoms with Gasteiger partial charge in [0, 0.05) is 36.1 Å². The second kappa shape index (κ2) is 9.54. The Morgan fingerprint density at radius 2 is 1.76 bits per heavy atom. The molecule has 2 N–H and O–H groups in total. The van der Waals surface area contributed by atoms with E-state index < -0.39 is 10.0 Å². The van der Waals surface area contributed by atoms with Crippen molar-refractivity contribution in [3.05, 3.63) is 83.4 Å². The summed E-state index contributed by atoms with van der Waals surface area (Å²) in [5.74, 6) is 0.0224. The number of amides is 1. The number of hydrogen-bond acceptors (Lipinski definition) is 5. The number of carbonyl (C=O) groups excluding carboxylic acids is 1. The van der Waals surface area contributed by atoms with Crippen LogP contribution in [0.1, 0.15) is 28.4 Å². The van der Waals surface area contributed by atoms with Crippen molar-refractivity contribution in [1.29, 1.82) is 0 Å². The number of hydrogen-bond donors (Lipinski definition) is 2. The van der Waals surface area contributed by atoms with E-state index >= 15 is 0 Å². The highest BCUT2D eigenvalue weighted by atomic mass is 32.2. The highest BCUT2D eigenvalue weighted by molar-refractivity contribution is 7.92. The fourth-order valence-corrected chi connectivity index (χ4v) is 4.48. The number of nitrogens with zero attached hydrogens (tertiary/aromatic N) is 1. The van der Waals surface area contributed by atoms with E-state index in [4.69, 9.17) is 4.74 Å². The largest absolute Gasteiger partial charge is 0.494 e. The molecule has 0 aliphatic carbocycles. The maximum atomic E-state index is 12.7. The Morgan fingerprint density at radius 3 is 2.45 bits per heavy atom. The summed E-state index contributed by atoms with van der Waals surface area (Å²) < 4.78 is 31.5. The first kappa shape index (κ1) is 22.7. The average Bonchev–Trinajstić information content (AvgIpc) is 2.84. The van der Waals surface area contributed by atoms with Crippen LogP contribution < -0.4 is 19.7 Å². The van der Waals surface area contributed by atoms with E-state index in [1.54, 1.807) is 25.1 Å². The maximum absolute atomic E-state index is 12.7. The van der Waals surface area contributed by atoms with Gasteiger partial charge in [0.05, 0.1) is 18.6 Å². The Balaban J connectivity index is 1.44. The van der Waals surface area contributed by atoms with E-state index in [9.17, 15) is 13.2 Å². The summed E-state index contributed by atoms with van der Waals surface area (Å²) in [6.45, 7) is 3.35. The molecule has 0 atom stereocenters. The first-order valence-corrected chi connectivity index (χ1v) is 12.5. The van der Waals surface area contributed by atoms with Gasteiger partial charge in [-0.3, -0.25) is 9.52 Å². The molecule has 7 nitrogen and oxygen atoms in total. The summed E-state index contributed by atoms with van der Waals surface area (Å²) in [5.41, 5.74) is 5.18. The normalized spacial score (nSPS) is 13.2. The molecule has 3 aromatic carbocycles. The number of nitrogens with one attached hydrogen (secondary N) is 2. The number of anilines is 3. The van der Waals surface area contributed by atoms with Crippen molar-refractivity contribution in [1.82, 2.24) is 0 Å². The molecule has 0 bridgehead atoms. The van der Waals surface area contributed by atoms with Gasteiger partial charge in [0.25, 0.3) is 5.91 Å². The van der Waals surface area contributed by atoms with Crippen molar-refractivity contribution in [3.63, 3.8) is 0 Å². The smallest absolute Gasteiger partial charge is 0.255 e. The third-order valence-electron chi connectivity index (χ3n) is 5.73. The highest BCUT2D eigenvalue weighted by Crippen LogP contribution is 2.29. The summed E-state index contributed by atoms with van der Waals surface area (Å²) in [6.07, 6.45) is 1.00. The number of fused-ring (bicyclic) bond motifs is 1. The predicted octanol–water partition coefficient (Wildman–Crippen LogP) is 4.27. The van der Waals surface area contributed by atoms with E-state index in [1.807, 2.05) is 24.3 Å². The van der Waals surface area contributed by atoms with Crippen LogP contribution in [0.5, 0.6) is 5.75 Å². The average molecular weight is 466 g/mol. The molecule has 0 radical (unpaired) electrons. The summed E-state index contributed by atoms with van der Waals surface area (Å²) in [5, 5.41) is 2.84. The van der Waals surface area contributed by atoms with Crippen LogP contribution in [0.15, 0.2) is 66.7 Å². The molecule has 0 spiro atoms. The molecular weight excluding hydrogens is 438 g/mol. The van der Waals surface area contributed by atoms with Crippen molar-refractivity contribution in [3.8, 4) is 5.75 Å². The minimum atomic E-state index is -3.44. The molecule has 0 fully saturated rings. The van der Waals surface area contributed by atoms with Gasteiger partial charge in [-0.2, -0.15) is 0 Å². The van der Waals surface area contributed by atoms with Crippen molar-refractivity contribution >= 4 is 33.0 Å². The lowest BCUT2D eigenvalue weighted by Gasteiger charge is -2.30. The minimum absolute atomic E-state index is 0.0470. The van der Waals surface area contributed by atoms with E-state index in [0.29, 0.717) is 22.7 Å². The SMILES string of the molecule is CCS(=O)(=O)Nc1ccc(NC(=O)c2ccc(N3CCc4ccccc4C3)cc2)cc1OC. The topological polar surface area (TPSA) is 87.7 Å². The van der Waals surface area contributed by atoms with Crippen LogP contribution in [-0.2, 0) is 23.0 Å². The number of benzene rings is 3. The lowest BCUT2D eigenvalue weighted by Crippen LogP contribution is -2.30. The highest BCUT2D eigenvalue weighted by Gasteiger charge is 2.17. The molecular formula is C25H27N3O4S. The zero-order chi connectivity index (χ0) is 23.4. The molecule has 172 valence electrons. The zero-order valence-electron chi connectivity index (χ0n) is 18.7. The van der Waals surface area contributed by atoms with Gasteiger partial charge >= 0.3 is 0 Å². The minimum Gasteiger partial charge on any atom is -0.494 e. The van der Waals surface area contributed by atoms with Crippen LogP contribution in [0.4, 0.5) is 17.1 Å². The number of methoxy groups -OCH3 is 1. The summed E-state index contributed by atoms with van der Waals surface area (Å²) in [4.78, 5) is 15.1. The van der Waals surface area contributed by atoms with Crippen molar-refractivity contribution in [2.75, 3.05) is 34.3 Å². The lowest BCUT2D eigenvalue weighted by atomic mass is 9.99. The van der Waals surface area contributed by atoms with E-state index in [-0.39, 0.29) is 11.7 Å². The first-order valence-electron chi connectivity index (χ1n) is 10.8. The van der Waals surface area contributed by atoms with Gasteiger partial charge in [0.1, 0.15) is 5.75 Å². The van der Waals surface area contributed by atoms with Crippen LogP contribution in [0, 0.1) is 0 Å². The summed E-state index contributed by atoms with van der Waals surface area (Å²) in [7, 11) is -1.99. The number of ether oxygens (including phenoxy) is 1. The molecule has 0 saturated heterocycles. The fourth-order valence-electron chi connectivity index (χ4n) is 3.84. The molecule has 1 aliphatic heterocycles. The Kier molecular flexibility index (Phi) is 6.55. The molecule has 0 aromatic heterocycles. The van der Waals surface area contributed by atoms with Crippen LogP contribution in [0.25, 0.3) is 0 Å². The van der Waals surface area contributed by atoms with Crippen molar-refractivity contribution in [2.45, 2.75) is 19.9 Å². The van der Waals surface area contributed by atoms with Crippen LogP contribution in [0.2, 0.25) is 0 Å². The number of rotatable bonds is 7. The molecule has 8 heteroatoms. The molecule has 4 rings (SSSR count). The van der Waals surface area contributed by atoms with Crippen molar-refractivity contribution < 1.29 is 17.9 Å². The van der Waals surface area contributed by atoms with Gasteiger partial charge in [-0.05, 0) is 60.9 Å².